The smallest absolute Gasteiger partial charge is 0.147 e. The molecule has 0 saturated heterocycles. The molecule has 0 heterocycles. The van der Waals surface area contributed by atoms with Gasteiger partial charge in [0.15, 0.2) is 0 Å². The molecular weight excluding hydrogens is 769 g/mol. The molecule has 0 nitrogen and oxygen atoms in total. The minimum Gasteiger partial charge on any atom is -0.147 e. The van der Waals surface area contributed by atoms with Crippen LogP contribution in [-0.2, 0) is 50.9 Å². The molecule has 4 aromatic carbocycles. The molecule has 264 valence electrons. The van der Waals surface area contributed by atoms with E-state index in [2.05, 4.69) is 84.0 Å². The van der Waals surface area contributed by atoms with E-state index in [1.54, 1.807) is 0 Å². The summed E-state index contributed by atoms with van der Waals surface area (Å²) in [6, 6.07) is 21.6. The number of allylic oxidation sites excluding steroid dienone is 4. The molecule has 2 aliphatic carbocycles. The molecule has 0 atom stereocenters. The van der Waals surface area contributed by atoms with E-state index in [9.17, 15) is 26.3 Å². The van der Waals surface area contributed by atoms with Crippen LogP contribution in [0.5, 0.6) is 0 Å². The van der Waals surface area contributed by atoms with Gasteiger partial charge in [-0.2, -0.15) is 0 Å². The van der Waals surface area contributed by atoms with Crippen LogP contribution in [0.3, 0.4) is 0 Å². The third kappa shape index (κ3) is 8.01. The summed E-state index contributed by atoms with van der Waals surface area (Å²) >= 11 is -3.36. The predicted octanol–water partition coefficient (Wildman–Crippen LogP) is 12.1. The van der Waals surface area contributed by atoms with Crippen LogP contribution in [0.1, 0.15) is 92.5 Å². The third-order valence-electron chi connectivity index (χ3n) is 9.36. The zero-order chi connectivity index (χ0) is 34.8. The molecule has 0 fully saturated rings. The minimum absolute atomic E-state index is 0. The van der Waals surface area contributed by atoms with Crippen molar-refractivity contribution in [1.82, 2.24) is 0 Å². The van der Waals surface area contributed by atoms with E-state index in [0.717, 1.165) is 39.5 Å². The quantitative estimate of drug-likeness (QED) is 0.159. The molecule has 0 amide bonds. The number of hydrogen-bond acceptors (Lipinski definition) is 0. The standard InChI is InChI=1S/C21H25.C15H8F6.C5H5.2ClH.Zr/c1-20(2,3)16-9-7-14-11-15-8-10-17(21(4,5)6)13-19(15)18(14)12-16;16-14(17,18)12-5-1-10(2-6-12)9-11-3-7-13(8-4-11)15(19,20)21;1-2-4-5-3-1;;;/h7,9-10,12-13H,11H2,1-6H3;1-8H;1-3H,4H2;2*1H;. The summed E-state index contributed by atoms with van der Waals surface area (Å²) in [5.74, 6) is 0. The van der Waals surface area contributed by atoms with Crippen molar-refractivity contribution in [2.75, 3.05) is 0 Å². The molecule has 2 aliphatic rings. The van der Waals surface area contributed by atoms with Crippen LogP contribution in [0.25, 0.3) is 11.1 Å². The fourth-order valence-corrected chi connectivity index (χ4v) is 14.6. The Morgan fingerprint density at radius 1 is 0.580 bits per heavy atom. The summed E-state index contributed by atoms with van der Waals surface area (Å²) in [5.41, 5.74) is 6.71. The van der Waals surface area contributed by atoms with E-state index in [1.165, 1.54) is 58.6 Å². The van der Waals surface area contributed by atoms with Gasteiger partial charge < -0.3 is 0 Å². The van der Waals surface area contributed by atoms with Crippen molar-refractivity contribution in [1.29, 1.82) is 0 Å². The van der Waals surface area contributed by atoms with Crippen molar-refractivity contribution in [3.63, 3.8) is 0 Å². The summed E-state index contributed by atoms with van der Waals surface area (Å²) in [4.78, 5) is 0. The third-order valence-corrected chi connectivity index (χ3v) is 16.9. The number of benzene rings is 4. The van der Waals surface area contributed by atoms with Gasteiger partial charge in [0.25, 0.3) is 0 Å². The van der Waals surface area contributed by atoms with Crippen molar-refractivity contribution in [2.45, 2.75) is 77.6 Å². The number of rotatable bonds is 4. The number of halogens is 8. The van der Waals surface area contributed by atoms with E-state index in [0.29, 0.717) is 17.5 Å². The normalized spacial score (nSPS) is 14.0. The van der Waals surface area contributed by atoms with E-state index in [4.69, 9.17) is 0 Å². The maximum Gasteiger partial charge on any atom is -0.147 e. The van der Waals surface area contributed by atoms with Crippen LogP contribution >= 0.6 is 24.8 Å². The van der Waals surface area contributed by atoms with Gasteiger partial charge in [-0.15, -0.1) is 24.8 Å². The van der Waals surface area contributed by atoms with Crippen LogP contribution in [0.15, 0.2) is 100 Å². The molecule has 6 rings (SSSR count). The van der Waals surface area contributed by atoms with Gasteiger partial charge in [-0.1, -0.05) is 0 Å². The predicted molar refractivity (Wildman–Crippen MR) is 194 cm³/mol. The van der Waals surface area contributed by atoms with Gasteiger partial charge in [-0.3, -0.25) is 0 Å². The Labute approximate surface area is 310 Å². The molecule has 9 heteroatoms. The maximum atomic E-state index is 13.7. The Bertz CT molecular complexity index is 1920. The van der Waals surface area contributed by atoms with Gasteiger partial charge in [0.2, 0.25) is 0 Å². The summed E-state index contributed by atoms with van der Waals surface area (Å²) < 4.78 is 85.5. The van der Waals surface area contributed by atoms with E-state index >= 15 is 0 Å². The Morgan fingerprint density at radius 2 is 1.06 bits per heavy atom. The Morgan fingerprint density at radius 3 is 1.50 bits per heavy atom. The molecule has 0 unspecified atom stereocenters. The minimum atomic E-state index is -4.51. The van der Waals surface area contributed by atoms with Crippen LogP contribution < -0.4 is 3.27 Å². The Kier molecular flexibility index (Phi) is 11.5. The van der Waals surface area contributed by atoms with Crippen LogP contribution in [0.4, 0.5) is 26.3 Å². The second kappa shape index (κ2) is 14.4. The first-order chi connectivity index (χ1) is 22.3. The molecule has 0 spiro atoms. The van der Waals surface area contributed by atoms with Crippen LogP contribution in [0.2, 0.25) is 0 Å². The Hall–Kier alpha value is -2.73. The first-order valence-corrected chi connectivity index (χ1v) is 19.8. The maximum absolute atomic E-state index is 13.7. The van der Waals surface area contributed by atoms with Gasteiger partial charge in [-0.05, 0) is 0 Å². The van der Waals surface area contributed by atoms with Crippen molar-refractivity contribution in [3.05, 3.63) is 145 Å². The molecule has 0 bridgehead atoms. The second-order valence-corrected chi connectivity index (χ2v) is 20.8. The van der Waals surface area contributed by atoms with Crippen molar-refractivity contribution in [3.8, 4) is 11.1 Å². The fourth-order valence-electron chi connectivity index (χ4n) is 6.61. The zero-order valence-electron chi connectivity index (χ0n) is 28.7. The molecular formula is C41H40Cl2F6Zr. The van der Waals surface area contributed by atoms with Crippen molar-refractivity contribution >= 4 is 31.3 Å². The molecule has 0 aliphatic heterocycles. The summed E-state index contributed by atoms with van der Waals surface area (Å²) in [5, 5.41) is 0. The topological polar surface area (TPSA) is 0 Å². The van der Waals surface area contributed by atoms with Gasteiger partial charge in [0.05, 0.1) is 0 Å². The van der Waals surface area contributed by atoms with E-state index in [-0.39, 0.29) is 35.6 Å². The molecule has 0 aromatic heterocycles. The average Bonchev–Trinajstić information content (AvgIpc) is 3.66. The number of alkyl halides is 6. The average molecular weight is 809 g/mol. The SMILES string of the molecule is CC(C)(C)c1ccc2c(c1)-c1cc(C(C)(C)C)c[c]([Zr]([C]3=CC=CC3)=[C](c3ccc(C(F)(F)F)cc3)c3ccc(C(F)(F)F)cc3)c1C2.Cl.Cl. The summed E-state index contributed by atoms with van der Waals surface area (Å²) in [6.07, 6.45) is -1.35. The molecule has 0 saturated carbocycles. The molecule has 0 N–H and O–H groups in total. The monoisotopic (exact) mass is 806 g/mol. The first-order valence-electron chi connectivity index (χ1n) is 16.1. The zero-order valence-corrected chi connectivity index (χ0v) is 32.8. The van der Waals surface area contributed by atoms with Crippen LogP contribution in [-0.4, -0.2) is 3.21 Å². The van der Waals surface area contributed by atoms with E-state index in [1.807, 2.05) is 6.08 Å². The molecule has 4 aromatic rings. The second-order valence-electron chi connectivity index (χ2n) is 14.8. The van der Waals surface area contributed by atoms with Gasteiger partial charge in [0.1, 0.15) is 0 Å². The molecule has 0 radical (unpaired) electrons. The largest absolute Gasteiger partial charge is 0.147 e. The van der Waals surface area contributed by atoms with Crippen molar-refractivity contribution in [2.24, 2.45) is 0 Å². The fraction of sp³-hybridized carbons (Fsp3) is 0.293. The summed E-state index contributed by atoms with van der Waals surface area (Å²) in [6.45, 7) is 13.1. The van der Waals surface area contributed by atoms with Gasteiger partial charge >= 0.3 is 288 Å². The summed E-state index contributed by atoms with van der Waals surface area (Å²) in [7, 11) is 0. The van der Waals surface area contributed by atoms with E-state index < -0.39 is 44.7 Å². The molecule has 50 heavy (non-hydrogen) atoms. The first kappa shape index (κ1) is 40.0. The Balaban J connectivity index is 0.00000281. The van der Waals surface area contributed by atoms with Crippen LogP contribution in [0, 0.1) is 0 Å². The van der Waals surface area contributed by atoms with Gasteiger partial charge in [0, 0.05) is 0 Å². The van der Waals surface area contributed by atoms with Crippen molar-refractivity contribution < 1.29 is 47.6 Å². The van der Waals surface area contributed by atoms with Gasteiger partial charge in [-0.25, -0.2) is 0 Å². The number of hydrogen-bond donors (Lipinski definition) is 0. The number of fused-ring (bicyclic) bond motifs is 3.